The average molecular weight is 495 g/mol. The zero-order valence-electron chi connectivity index (χ0n) is 18.1. The molecule has 0 aliphatic heterocycles. The zero-order valence-corrected chi connectivity index (χ0v) is 18.9. The molecule has 0 unspecified atom stereocenters. The van der Waals surface area contributed by atoms with Gasteiger partial charge in [0.15, 0.2) is 11.0 Å². The van der Waals surface area contributed by atoms with Crippen LogP contribution in [0.25, 0.3) is 22.8 Å². The molecule has 7 nitrogen and oxygen atoms in total. The summed E-state index contributed by atoms with van der Waals surface area (Å²) in [5.74, 6) is 1.32. The van der Waals surface area contributed by atoms with Crippen LogP contribution in [0.15, 0.2) is 88.8 Å². The highest BCUT2D eigenvalue weighted by Crippen LogP contribution is 2.32. The van der Waals surface area contributed by atoms with E-state index in [9.17, 15) is 13.2 Å². The van der Waals surface area contributed by atoms with Gasteiger partial charge in [0.2, 0.25) is 11.7 Å². The van der Waals surface area contributed by atoms with Crippen molar-refractivity contribution in [2.45, 2.75) is 23.6 Å². The molecule has 0 radical (unpaired) electrons. The van der Waals surface area contributed by atoms with Crippen molar-refractivity contribution in [2.24, 2.45) is 0 Å². The van der Waals surface area contributed by atoms with E-state index in [1.807, 2.05) is 47.0 Å². The summed E-state index contributed by atoms with van der Waals surface area (Å²) in [6, 6.07) is 18.5. The van der Waals surface area contributed by atoms with Gasteiger partial charge in [0.1, 0.15) is 0 Å². The van der Waals surface area contributed by atoms with Crippen molar-refractivity contribution in [1.82, 2.24) is 29.9 Å². The Hall–Kier alpha value is -3.99. The predicted octanol–water partition coefficient (Wildman–Crippen LogP) is 5.75. The molecule has 5 rings (SSSR count). The van der Waals surface area contributed by atoms with Gasteiger partial charge < -0.3 is 4.52 Å². The Balaban J connectivity index is 1.38. The van der Waals surface area contributed by atoms with Gasteiger partial charge in [-0.05, 0) is 29.8 Å². The minimum atomic E-state index is -4.45. The van der Waals surface area contributed by atoms with Gasteiger partial charge in [-0.25, -0.2) is 0 Å². The van der Waals surface area contributed by atoms with E-state index in [4.69, 9.17) is 4.52 Å². The van der Waals surface area contributed by atoms with Crippen molar-refractivity contribution >= 4 is 11.8 Å². The Bertz CT molecular complexity index is 1420. The largest absolute Gasteiger partial charge is 0.416 e. The zero-order chi connectivity index (χ0) is 24.3. The van der Waals surface area contributed by atoms with Gasteiger partial charge >= 0.3 is 6.18 Å². The Morgan fingerprint density at radius 1 is 0.886 bits per heavy atom. The molecule has 0 N–H and O–H groups in total. The lowest BCUT2D eigenvalue weighted by atomic mass is 10.1. The number of hydrogen-bond donors (Lipinski definition) is 0. The highest BCUT2D eigenvalue weighted by Gasteiger charge is 2.30. The normalized spacial score (nSPS) is 11.6. The first-order valence-corrected chi connectivity index (χ1v) is 11.5. The Morgan fingerprint density at radius 3 is 2.46 bits per heavy atom. The van der Waals surface area contributed by atoms with Crippen LogP contribution in [-0.2, 0) is 18.5 Å². The maximum Gasteiger partial charge on any atom is 0.416 e. The van der Waals surface area contributed by atoms with Gasteiger partial charge in [0.05, 0.1) is 17.9 Å². The fourth-order valence-corrected chi connectivity index (χ4v) is 4.19. The molecule has 11 heteroatoms. The first-order chi connectivity index (χ1) is 17.0. The van der Waals surface area contributed by atoms with Crippen molar-refractivity contribution in [3.63, 3.8) is 0 Å². The molecule has 5 aromatic rings. The second kappa shape index (κ2) is 9.71. The summed E-state index contributed by atoms with van der Waals surface area (Å²) < 4.78 is 46.4. The van der Waals surface area contributed by atoms with Gasteiger partial charge in [0.25, 0.3) is 0 Å². The van der Waals surface area contributed by atoms with E-state index in [-0.39, 0.29) is 23.0 Å². The second-order valence-electron chi connectivity index (χ2n) is 7.49. The number of benzene rings is 2. The van der Waals surface area contributed by atoms with E-state index in [0.29, 0.717) is 17.5 Å². The lowest BCUT2D eigenvalue weighted by molar-refractivity contribution is -0.137. The fourth-order valence-electron chi connectivity index (χ4n) is 3.41. The average Bonchev–Trinajstić information content (AvgIpc) is 3.51. The number of aromatic nitrogens is 6. The molecule has 0 amide bonds. The molecule has 0 saturated heterocycles. The maximum absolute atomic E-state index is 13.0. The Kier molecular flexibility index (Phi) is 6.32. The molecule has 0 fully saturated rings. The van der Waals surface area contributed by atoms with E-state index in [2.05, 4.69) is 25.3 Å². The quantitative estimate of drug-likeness (QED) is 0.267. The van der Waals surface area contributed by atoms with Crippen molar-refractivity contribution in [1.29, 1.82) is 0 Å². The van der Waals surface area contributed by atoms with Crippen LogP contribution in [0, 0.1) is 0 Å². The molecule has 2 aromatic carbocycles. The molecule has 0 bridgehead atoms. The summed E-state index contributed by atoms with van der Waals surface area (Å²) in [7, 11) is 0. The summed E-state index contributed by atoms with van der Waals surface area (Å²) in [6.07, 6.45) is -1.07. The van der Waals surface area contributed by atoms with Crippen molar-refractivity contribution < 1.29 is 17.7 Å². The predicted molar refractivity (Wildman–Crippen MR) is 123 cm³/mol. The van der Waals surface area contributed by atoms with E-state index < -0.39 is 11.7 Å². The van der Waals surface area contributed by atoms with E-state index in [1.54, 1.807) is 12.4 Å². The first kappa shape index (κ1) is 22.8. The molecular weight excluding hydrogens is 477 g/mol. The minimum Gasteiger partial charge on any atom is -0.338 e. The SMILES string of the molecule is FC(F)(F)c1cccc(-c2noc(CSc3nnc(-c4ccncc4)n3Cc3ccccc3)n2)c1. The van der Waals surface area contributed by atoms with Gasteiger partial charge in [0, 0.05) is 23.5 Å². The fraction of sp³-hybridized carbons (Fsp3) is 0.125. The number of pyridine rings is 1. The van der Waals surface area contributed by atoms with Gasteiger partial charge in [-0.1, -0.05) is 59.4 Å². The molecular formula is C24H17F3N6OS. The third-order valence-corrected chi connectivity index (χ3v) is 6.03. The summed E-state index contributed by atoms with van der Waals surface area (Å²) in [5, 5.41) is 13.2. The molecule has 0 aliphatic carbocycles. The van der Waals surface area contributed by atoms with Crippen LogP contribution in [-0.4, -0.2) is 29.9 Å². The summed E-state index contributed by atoms with van der Waals surface area (Å²) >= 11 is 1.35. The lowest BCUT2D eigenvalue weighted by Crippen LogP contribution is -2.04. The maximum atomic E-state index is 13.0. The van der Waals surface area contributed by atoms with E-state index >= 15 is 0 Å². The molecule has 3 aromatic heterocycles. The number of alkyl halides is 3. The molecule has 0 spiro atoms. The second-order valence-corrected chi connectivity index (χ2v) is 8.44. The Morgan fingerprint density at radius 2 is 1.69 bits per heavy atom. The van der Waals surface area contributed by atoms with Crippen LogP contribution >= 0.6 is 11.8 Å². The lowest BCUT2D eigenvalue weighted by Gasteiger charge is -2.10. The van der Waals surface area contributed by atoms with Crippen LogP contribution < -0.4 is 0 Å². The number of halogens is 3. The molecule has 0 saturated carbocycles. The minimum absolute atomic E-state index is 0.0925. The Labute approximate surface area is 202 Å². The van der Waals surface area contributed by atoms with Crippen molar-refractivity contribution in [2.75, 3.05) is 0 Å². The molecule has 0 atom stereocenters. The third-order valence-electron chi connectivity index (χ3n) is 5.08. The number of nitrogens with zero attached hydrogens (tertiary/aromatic N) is 6. The number of thioether (sulfide) groups is 1. The van der Waals surface area contributed by atoms with Crippen molar-refractivity contribution in [3.8, 4) is 22.8 Å². The number of hydrogen-bond acceptors (Lipinski definition) is 7. The summed E-state index contributed by atoms with van der Waals surface area (Å²) in [5.41, 5.74) is 1.41. The van der Waals surface area contributed by atoms with Gasteiger partial charge in [-0.15, -0.1) is 10.2 Å². The highest BCUT2D eigenvalue weighted by molar-refractivity contribution is 7.98. The van der Waals surface area contributed by atoms with Gasteiger partial charge in [-0.2, -0.15) is 18.2 Å². The van der Waals surface area contributed by atoms with Crippen LogP contribution in [0.4, 0.5) is 13.2 Å². The summed E-state index contributed by atoms with van der Waals surface area (Å²) in [4.78, 5) is 8.33. The molecule has 35 heavy (non-hydrogen) atoms. The van der Waals surface area contributed by atoms with E-state index in [1.165, 1.54) is 23.9 Å². The third kappa shape index (κ3) is 5.24. The van der Waals surface area contributed by atoms with Crippen LogP contribution in [0.3, 0.4) is 0 Å². The number of rotatable bonds is 7. The van der Waals surface area contributed by atoms with Crippen LogP contribution in [0.5, 0.6) is 0 Å². The monoisotopic (exact) mass is 494 g/mol. The van der Waals surface area contributed by atoms with Crippen LogP contribution in [0.1, 0.15) is 17.0 Å². The highest BCUT2D eigenvalue weighted by atomic mass is 32.2. The van der Waals surface area contributed by atoms with Gasteiger partial charge in [-0.3, -0.25) is 9.55 Å². The van der Waals surface area contributed by atoms with E-state index in [0.717, 1.165) is 23.3 Å². The topological polar surface area (TPSA) is 82.5 Å². The first-order valence-electron chi connectivity index (χ1n) is 10.5. The standard InChI is InChI=1S/C24H17F3N6OS/c25-24(26,27)19-8-4-7-18(13-19)21-29-20(34-32-21)15-35-23-31-30-22(17-9-11-28-12-10-17)33(23)14-16-5-2-1-3-6-16/h1-13H,14-15H2. The molecule has 176 valence electrons. The summed E-state index contributed by atoms with van der Waals surface area (Å²) in [6.45, 7) is 0.549. The van der Waals surface area contributed by atoms with Crippen molar-refractivity contribution in [3.05, 3.63) is 96.1 Å². The molecule has 3 heterocycles. The van der Waals surface area contributed by atoms with Crippen LogP contribution in [0.2, 0.25) is 0 Å². The molecule has 0 aliphatic rings. The smallest absolute Gasteiger partial charge is 0.338 e.